The first-order valence-corrected chi connectivity index (χ1v) is 35.6. The molecule has 93 heavy (non-hydrogen) atoms. The quantitative estimate of drug-likeness (QED) is 0.0666. The molecule has 4 amide bonds. The van der Waals surface area contributed by atoms with Gasteiger partial charge in [-0.05, 0) is 207 Å². The van der Waals surface area contributed by atoms with Crippen LogP contribution in [-0.2, 0) is 52.0 Å². The number of nitrogens with one attached hydrogen (secondary N) is 4. The highest BCUT2D eigenvalue weighted by Gasteiger charge is 2.36. The van der Waals surface area contributed by atoms with Crippen molar-refractivity contribution in [3.05, 3.63) is 178 Å². The molecule has 2 unspecified atom stereocenters. The van der Waals surface area contributed by atoms with Crippen LogP contribution in [0.2, 0.25) is 0 Å². The lowest BCUT2D eigenvalue weighted by atomic mass is 9.98. The van der Waals surface area contributed by atoms with E-state index < -0.39 is 43.3 Å². The molecule has 494 valence electrons. The maximum Gasteiger partial charge on any atom is 0.411 e. The summed E-state index contributed by atoms with van der Waals surface area (Å²) < 4.78 is 69.8. The fourth-order valence-electron chi connectivity index (χ4n) is 10.3. The summed E-state index contributed by atoms with van der Waals surface area (Å²) in [5.41, 5.74) is 6.42. The Hall–Kier alpha value is -7.64. The second kappa shape index (κ2) is 31.5. The van der Waals surface area contributed by atoms with E-state index in [2.05, 4.69) is 46.0 Å². The van der Waals surface area contributed by atoms with E-state index in [0.717, 1.165) is 37.5 Å². The standard InChI is InChI=1S/C34H38N4O5S2.C22H28N2O3S.C13H13BrN2O2S.CH4/c1-22(2)43-33(40)36-26-13-11-24(12-14-26)31-35-21-29(44-31)28-16-15-27(20-30(28)45(41,42)37-34(3,4)5)38-18-17-25(32(38)39)19-23-9-7-6-8-10-23;1-16-10-11-19(15-20(16)28(26,27)23-22(2,3)4)24-13-12-18(21(24)25)14-17-8-6-5-7-9-17;1-8(2)18-13(17)16-10-5-3-9(4-6-10)12-15-7-11(14)19-12;/h6-16,20-22,25,37H,17-19H2,1-5H3,(H,36,40);5-11,15,18,23H,12-14H2,1-4H3;3-8H,1-2H3,(H,16,17);1H4. The third-order valence-electron chi connectivity index (χ3n) is 14.2. The Balaban J connectivity index is 0.000000217. The van der Waals surface area contributed by atoms with E-state index >= 15 is 0 Å². The van der Waals surface area contributed by atoms with Gasteiger partial charge in [0.2, 0.25) is 31.9 Å². The van der Waals surface area contributed by atoms with Crippen LogP contribution in [0.1, 0.15) is 106 Å². The van der Waals surface area contributed by atoms with Crippen LogP contribution >= 0.6 is 38.6 Å². The van der Waals surface area contributed by atoms with Gasteiger partial charge in [-0.2, -0.15) is 0 Å². The van der Waals surface area contributed by atoms with Gasteiger partial charge in [0.05, 0.1) is 36.9 Å². The first kappa shape index (κ1) is 72.8. The molecule has 2 aliphatic rings. The third kappa shape index (κ3) is 20.7. The van der Waals surface area contributed by atoms with Crippen molar-refractivity contribution < 1.29 is 45.5 Å². The monoisotopic (exact) mass is 1400 g/mol. The Morgan fingerprint density at radius 2 is 0.989 bits per heavy atom. The molecule has 8 aromatic rings. The number of benzene rings is 6. The van der Waals surface area contributed by atoms with Gasteiger partial charge in [0.1, 0.15) is 10.0 Å². The number of carbonyl (C=O) groups is 4. The summed E-state index contributed by atoms with van der Waals surface area (Å²) in [4.78, 5) is 63.0. The molecule has 23 heteroatoms. The van der Waals surface area contributed by atoms with Crippen LogP contribution in [0.5, 0.6) is 0 Å². The summed E-state index contributed by atoms with van der Waals surface area (Å²) in [5.74, 6) is -0.183. The van der Waals surface area contributed by atoms with Gasteiger partial charge in [-0.3, -0.25) is 20.2 Å². The van der Waals surface area contributed by atoms with Crippen molar-refractivity contribution in [2.75, 3.05) is 33.5 Å². The van der Waals surface area contributed by atoms with Gasteiger partial charge < -0.3 is 19.3 Å². The highest BCUT2D eigenvalue weighted by molar-refractivity contribution is 9.11. The van der Waals surface area contributed by atoms with Gasteiger partial charge in [-0.1, -0.05) is 80.2 Å². The maximum atomic E-state index is 13.8. The van der Waals surface area contributed by atoms with Crippen LogP contribution in [0.4, 0.5) is 32.3 Å². The first-order chi connectivity index (χ1) is 43.4. The Labute approximate surface area is 564 Å². The van der Waals surface area contributed by atoms with E-state index in [0.29, 0.717) is 76.1 Å². The number of hydrogen-bond donors (Lipinski definition) is 4. The van der Waals surface area contributed by atoms with Crippen LogP contribution in [0.25, 0.3) is 31.6 Å². The highest BCUT2D eigenvalue weighted by atomic mass is 79.9. The lowest BCUT2D eigenvalue weighted by molar-refractivity contribution is -0.121. The molecule has 4 N–H and O–H groups in total. The van der Waals surface area contributed by atoms with Crippen LogP contribution in [-0.4, -0.2) is 87.2 Å². The fraction of sp³-hybridized carbons (Fsp3) is 0.343. The van der Waals surface area contributed by atoms with Gasteiger partial charge in [0.25, 0.3) is 0 Å². The second-order valence-corrected chi connectivity index (χ2v) is 31.7. The Morgan fingerprint density at radius 1 is 0.581 bits per heavy atom. The number of nitrogens with zero attached hydrogens (tertiary/aromatic N) is 4. The number of thiazole rings is 2. The average Bonchev–Trinajstić information content (AvgIpc) is 1.77. The van der Waals surface area contributed by atoms with Gasteiger partial charge >= 0.3 is 12.2 Å². The molecule has 18 nitrogen and oxygen atoms in total. The normalized spacial score (nSPS) is 15.0. The SMILES string of the molecule is C.CC(C)OC(=O)Nc1ccc(-c2ncc(-c3ccc(N4CCC(Cc5ccccc5)C4=O)cc3S(=O)(=O)NC(C)(C)C)s2)cc1.CC(C)OC(=O)Nc1ccc(-c2ncc(Br)s2)cc1.Cc1ccc(N2CCC(Cc3ccccc3)C2=O)cc1S(=O)(=O)NC(C)(C)C. The summed E-state index contributed by atoms with van der Waals surface area (Å²) >= 11 is 6.30. The number of amides is 4. The second-order valence-electron chi connectivity index (χ2n) is 25.0. The van der Waals surface area contributed by atoms with Crippen LogP contribution in [0.3, 0.4) is 0 Å². The zero-order valence-corrected chi connectivity index (χ0v) is 58.3. The first-order valence-electron chi connectivity index (χ1n) is 30.2. The number of rotatable bonds is 17. The molecule has 0 radical (unpaired) electrons. The van der Waals surface area contributed by atoms with Crippen molar-refractivity contribution in [2.45, 2.75) is 142 Å². The molecule has 6 aromatic carbocycles. The minimum absolute atomic E-state index is 0. The molecule has 2 atom stereocenters. The van der Waals surface area contributed by atoms with Crippen molar-refractivity contribution in [2.24, 2.45) is 11.8 Å². The zero-order valence-electron chi connectivity index (χ0n) is 53.4. The molecule has 0 spiro atoms. The van der Waals surface area contributed by atoms with Crippen LogP contribution in [0, 0.1) is 18.8 Å². The summed E-state index contributed by atoms with van der Waals surface area (Å²) in [6.07, 6.45) is 4.91. The molecule has 10 rings (SSSR count). The van der Waals surface area contributed by atoms with Crippen LogP contribution < -0.4 is 29.9 Å². The number of anilines is 4. The number of halogens is 1. The molecule has 0 bridgehead atoms. The van der Waals surface area contributed by atoms with Crippen molar-refractivity contribution in [3.8, 4) is 31.6 Å². The van der Waals surface area contributed by atoms with E-state index in [1.807, 2.05) is 144 Å². The lowest BCUT2D eigenvalue weighted by Crippen LogP contribution is -2.40. The molecule has 2 saturated heterocycles. The topological polar surface area (TPSA) is 235 Å². The van der Waals surface area contributed by atoms with E-state index in [1.54, 1.807) is 111 Å². The molecule has 4 heterocycles. The van der Waals surface area contributed by atoms with Crippen molar-refractivity contribution in [3.63, 3.8) is 0 Å². The molecule has 0 saturated carbocycles. The molecule has 0 aliphatic carbocycles. The molecular weight excluding hydrogens is 1320 g/mol. The van der Waals surface area contributed by atoms with E-state index in [4.69, 9.17) is 9.47 Å². The van der Waals surface area contributed by atoms with E-state index in [-0.39, 0.29) is 53.1 Å². The predicted octanol–water partition coefficient (Wildman–Crippen LogP) is 15.9. The van der Waals surface area contributed by atoms with E-state index in [1.165, 1.54) is 11.3 Å². The lowest BCUT2D eigenvalue weighted by Gasteiger charge is -2.23. The largest absolute Gasteiger partial charge is 0.447 e. The summed E-state index contributed by atoms with van der Waals surface area (Å²) in [5, 5.41) is 6.99. The Bertz CT molecular complexity index is 4100. The van der Waals surface area contributed by atoms with Crippen molar-refractivity contribution in [1.82, 2.24) is 19.4 Å². The minimum atomic E-state index is -3.97. The highest BCUT2D eigenvalue weighted by Crippen LogP contribution is 2.40. The number of ether oxygens (including phenoxy) is 2. The molecule has 2 aromatic heterocycles. The Morgan fingerprint density at radius 3 is 1.41 bits per heavy atom. The summed E-state index contributed by atoms with van der Waals surface area (Å²) in [6.45, 7) is 20.9. The van der Waals surface area contributed by atoms with Crippen LogP contribution in [0.15, 0.2) is 172 Å². The maximum absolute atomic E-state index is 13.8. The van der Waals surface area contributed by atoms with Gasteiger partial charge in [0.15, 0.2) is 0 Å². The summed E-state index contributed by atoms with van der Waals surface area (Å²) in [6, 6.07) is 45.0. The number of aromatic nitrogens is 2. The number of sulfonamides is 2. The molecular formula is C70H83BrN8O10S4. The molecule has 2 aliphatic heterocycles. The fourth-order valence-corrected chi connectivity index (χ4v) is 15.8. The van der Waals surface area contributed by atoms with E-state index in [9.17, 15) is 36.0 Å². The third-order valence-corrected chi connectivity index (χ3v) is 20.5. The average molecular weight is 1400 g/mol. The Kier molecular flexibility index (Phi) is 24.7. The minimum Gasteiger partial charge on any atom is -0.447 e. The number of aryl methyl sites for hydroxylation is 1. The van der Waals surface area contributed by atoms with Gasteiger partial charge in [0, 0.05) is 81.6 Å². The van der Waals surface area contributed by atoms with Crippen molar-refractivity contribution >= 4 is 105 Å². The molecule has 2 fully saturated rings. The van der Waals surface area contributed by atoms with Gasteiger partial charge in [-0.25, -0.2) is 45.8 Å². The number of carbonyl (C=O) groups excluding carboxylic acids is 4. The van der Waals surface area contributed by atoms with Crippen molar-refractivity contribution in [1.29, 1.82) is 0 Å². The smallest absolute Gasteiger partial charge is 0.411 e. The summed E-state index contributed by atoms with van der Waals surface area (Å²) in [7, 11) is -7.64. The zero-order chi connectivity index (χ0) is 66.7. The predicted molar refractivity (Wildman–Crippen MR) is 378 cm³/mol. The number of hydrogen-bond acceptors (Lipinski definition) is 14. The van der Waals surface area contributed by atoms with Gasteiger partial charge in [-0.15, -0.1) is 22.7 Å².